The summed E-state index contributed by atoms with van der Waals surface area (Å²) in [5.41, 5.74) is 3.03. The van der Waals surface area contributed by atoms with Crippen LogP contribution in [0.2, 0.25) is 0 Å². The van der Waals surface area contributed by atoms with Crippen molar-refractivity contribution < 1.29 is 0 Å². The molecule has 114 valence electrons. The van der Waals surface area contributed by atoms with Crippen LogP contribution in [0.5, 0.6) is 0 Å². The van der Waals surface area contributed by atoms with E-state index in [2.05, 4.69) is 54.9 Å². The molecular weight excluding hydrogens is 290 g/mol. The first kappa shape index (κ1) is 12.6. The summed E-state index contributed by atoms with van der Waals surface area (Å²) in [5.74, 6) is 2.02. The summed E-state index contributed by atoms with van der Waals surface area (Å²) < 4.78 is 4.05. The van der Waals surface area contributed by atoms with E-state index in [1.54, 1.807) is 10.8 Å². The molecule has 0 unspecified atom stereocenters. The van der Waals surface area contributed by atoms with Crippen LogP contribution in [-0.4, -0.2) is 42.5 Å². The highest BCUT2D eigenvalue weighted by Gasteiger charge is 2.31. The SMILES string of the molecule is Cc1nc2ccccc2n1C1CN(c2ccc3nncn3n2)C1. The molecule has 0 atom stereocenters. The lowest BCUT2D eigenvalue weighted by atomic mass is 10.1. The van der Waals surface area contributed by atoms with Crippen LogP contribution in [0, 0.1) is 6.92 Å². The molecule has 3 aromatic heterocycles. The number of benzene rings is 1. The van der Waals surface area contributed by atoms with Gasteiger partial charge in [0, 0.05) is 13.1 Å². The molecule has 0 radical (unpaired) electrons. The van der Waals surface area contributed by atoms with Crippen molar-refractivity contribution in [1.82, 2.24) is 29.4 Å². The Morgan fingerprint density at radius 3 is 2.87 bits per heavy atom. The van der Waals surface area contributed by atoms with Gasteiger partial charge in [-0.1, -0.05) is 12.1 Å². The lowest BCUT2D eigenvalue weighted by molar-refractivity contribution is 0.398. The number of nitrogens with zero attached hydrogens (tertiary/aromatic N) is 7. The molecule has 0 amide bonds. The average molecular weight is 305 g/mol. The number of hydrogen-bond donors (Lipinski definition) is 0. The fourth-order valence-electron chi connectivity index (χ4n) is 3.32. The zero-order chi connectivity index (χ0) is 15.4. The third-order valence-corrected chi connectivity index (χ3v) is 4.47. The minimum Gasteiger partial charge on any atom is -0.351 e. The minimum absolute atomic E-state index is 0.431. The molecule has 1 fully saturated rings. The molecule has 7 nitrogen and oxygen atoms in total. The largest absolute Gasteiger partial charge is 0.351 e. The van der Waals surface area contributed by atoms with E-state index in [-0.39, 0.29) is 0 Å². The molecule has 1 saturated heterocycles. The quantitative estimate of drug-likeness (QED) is 0.565. The Hall–Kier alpha value is -2.96. The van der Waals surface area contributed by atoms with Gasteiger partial charge in [-0.05, 0) is 31.2 Å². The van der Waals surface area contributed by atoms with Crippen LogP contribution in [0.3, 0.4) is 0 Å². The molecule has 23 heavy (non-hydrogen) atoms. The number of fused-ring (bicyclic) bond motifs is 2. The van der Waals surface area contributed by atoms with Gasteiger partial charge in [0.05, 0.1) is 17.1 Å². The van der Waals surface area contributed by atoms with Crippen LogP contribution in [0.1, 0.15) is 11.9 Å². The highest BCUT2D eigenvalue weighted by Crippen LogP contribution is 2.30. The maximum Gasteiger partial charge on any atom is 0.177 e. The maximum absolute atomic E-state index is 4.66. The topological polar surface area (TPSA) is 64.1 Å². The number of aryl methyl sites for hydroxylation is 1. The molecule has 4 heterocycles. The summed E-state index contributed by atoms with van der Waals surface area (Å²) >= 11 is 0. The highest BCUT2D eigenvalue weighted by molar-refractivity contribution is 5.76. The van der Waals surface area contributed by atoms with Crippen LogP contribution in [0.25, 0.3) is 16.7 Å². The van der Waals surface area contributed by atoms with Gasteiger partial charge in [0.2, 0.25) is 0 Å². The maximum atomic E-state index is 4.66. The van der Waals surface area contributed by atoms with Gasteiger partial charge >= 0.3 is 0 Å². The van der Waals surface area contributed by atoms with Crippen LogP contribution in [0.15, 0.2) is 42.7 Å². The van der Waals surface area contributed by atoms with E-state index in [0.29, 0.717) is 6.04 Å². The average Bonchev–Trinajstić information content (AvgIpc) is 3.10. The zero-order valence-electron chi connectivity index (χ0n) is 12.7. The molecular formula is C16H15N7. The van der Waals surface area contributed by atoms with E-state index < -0.39 is 0 Å². The molecule has 0 N–H and O–H groups in total. The summed E-state index contributed by atoms with van der Waals surface area (Å²) in [6.07, 6.45) is 1.63. The predicted molar refractivity (Wildman–Crippen MR) is 86.5 cm³/mol. The summed E-state index contributed by atoms with van der Waals surface area (Å²) in [7, 11) is 0. The van der Waals surface area contributed by atoms with Gasteiger partial charge in [-0.15, -0.1) is 15.3 Å². The Bertz CT molecular complexity index is 1010. The van der Waals surface area contributed by atoms with Crippen molar-refractivity contribution in [2.45, 2.75) is 13.0 Å². The third kappa shape index (κ3) is 1.82. The second kappa shape index (κ2) is 4.52. The lowest BCUT2D eigenvalue weighted by Crippen LogP contribution is -2.48. The van der Waals surface area contributed by atoms with Crippen LogP contribution in [0.4, 0.5) is 5.82 Å². The Kier molecular flexibility index (Phi) is 2.47. The Morgan fingerprint density at radius 2 is 1.96 bits per heavy atom. The monoisotopic (exact) mass is 305 g/mol. The van der Waals surface area contributed by atoms with E-state index in [0.717, 1.165) is 35.9 Å². The molecule has 0 bridgehead atoms. The van der Waals surface area contributed by atoms with Gasteiger partial charge in [0.15, 0.2) is 5.65 Å². The summed E-state index contributed by atoms with van der Waals surface area (Å²) in [4.78, 5) is 6.92. The van der Waals surface area contributed by atoms with E-state index in [1.165, 1.54) is 5.52 Å². The fourth-order valence-corrected chi connectivity index (χ4v) is 3.32. The van der Waals surface area contributed by atoms with E-state index in [1.807, 2.05) is 18.2 Å². The van der Waals surface area contributed by atoms with Crippen molar-refractivity contribution in [1.29, 1.82) is 0 Å². The first-order valence-electron chi connectivity index (χ1n) is 7.65. The molecule has 5 rings (SSSR count). The van der Waals surface area contributed by atoms with E-state index in [4.69, 9.17) is 0 Å². The van der Waals surface area contributed by atoms with Crippen molar-refractivity contribution in [3.63, 3.8) is 0 Å². The van der Waals surface area contributed by atoms with E-state index in [9.17, 15) is 0 Å². The van der Waals surface area contributed by atoms with Gasteiger partial charge < -0.3 is 9.47 Å². The van der Waals surface area contributed by atoms with Crippen LogP contribution >= 0.6 is 0 Å². The normalized spacial score (nSPS) is 15.4. The molecule has 1 aliphatic heterocycles. The van der Waals surface area contributed by atoms with Crippen molar-refractivity contribution in [3.8, 4) is 0 Å². The van der Waals surface area contributed by atoms with Gasteiger partial charge in [0.1, 0.15) is 18.0 Å². The Balaban J connectivity index is 1.44. The van der Waals surface area contributed by atoms with Crippen molar-refractivity contribution >= 4 is 22.5 Å². The smallest absolute Gasteiger partial charge is 0.177 e. The summed E-state index contributed by atoms with van der Waals surface area (Å²) in [6, 6.07) is 12.7. The van der Waals surface area contributed by atoms with Gasteiger partial charge in [0.25, 0.3) is 0 Å². The van der Waals surface area contributed by atoms with Gasteiger partial charge in [-0.25, -0.2) is 4.98 Å². The molecule has 7 heteroatoms. The molecule has 0 saturated carbocycles. The number of hydrogen-bond acceptors (Lipinski definition) is 5. The number of aromatic nitrogens is 6. The van der Waals surface area contributed by atoms with Crippen LogP contribution in [-0.2, 0) is 0 Å². The first-order valence-corrected chi connectivity index (χ1v) is 7.65. The Labute approximate surface area is 132 Å². The number of rotatable bonds is 2. The van der Waals surface area contributed by atoms with Gasteiger partial charge in [-0.3, -0.25) is 0 Å². The number of imidazole rings is 1. The molecule has 0 spiro atoms. The van der Waals surface area contributed by atoms with E-state index >= 15 is 0 Å². The predicted octanol–water partition coefficient (Wildman–Crippen LogP) is 1.84. The summed E-state index contributed by atoms with van der Waals surface area (Å²) in [6.45, 7) is 3.94. The molecule has 1 aromatic carbocycles. The first-order chi connectivity index (χ1) is 11.3. The molecule has 0 aliphatic carbocycles. The second-order valence-electron chi connectivity index (χ2n) is 5.90. The van der Waals surface area contributed by atoms with Crippen molar-refractivity contribution in [2.24, 2.45) is 0 Å². The lowest BCUT2D eigenvalue weighted by Gasteiger charge is -2.41. The standard InChI is InChI=1S/C16H15N7/c1-11-18-13-4-2-3-5-14(13)23(11)12-8-21(9-12)16-7-6-15-19-17-10-22(15)20-16/h2-7,10,12H,8-9H2,1H3. The second-order valence-corrected chi connectivity index (χ2v) is 5.90. The molecule has 1 aliphatic rings. The van der Waals surface area contributed by atoms with Crippen molar-refractivity contribution in [3.05, 3.63) is 48.5 Å². The van der Waals surface area contributed by atoms with Crippen LogP contribution < -0.4 is 4.90 Å². The third-order valence-electron chi connectivity index (χ3n) is 4.47. The highest BCUT2D eigenvalue weighted by atomic mass is 15.4. The van der Waals surface area contributed by atoms with Gasteiger partial charge in [-0.2, -0.15) is 4.52 Å². The summed E-state index contributed by atoms with van der Waals surface area (Å²) in [5, 5.41) is 12.4. The molecule has 4 aromatic rings. The number of anilines is 1. The minimum atomic E-state index is 0.431. The van der Waals surface area contributed by atoms with Crippen molar-refractivity contribution in [2.75, 3.05) is 18.0 Å². The zero-order valence-corrected chi connectivity index (χ0v) is 12.7. The fraction of sp³-hybridized carbons (Fsp3) is 0.250. The number of para-hydroxylation sites is 2. The Morgan fingerprint density at radius 1 is 1.09 bits per heavy atom.